The fraction of sp³-hybridized carbons (Fsp3) is 0.394. The van der Waals surface area contributed by atoms with Gasteiger partial charge in [0.05, 0.1) is 35.7 Å². The predicted octanol–water partition coefficient (Wildman–Crippen LogP) is 7.43. The Morgan fingerprint density at radius 3 is 2.48 bits per heavy atom. The molecule has 5 rings (SSSR count). The second-order valence-corrected chi connectivity index (χ2v) is 14.9. The van der Waals surface area contributed by atoms with Gasteiger partial charge >= 0.3 is 12.3 Å². The highest BCUT2D eigenvalue weighted by Crippen LogP contribution is 2.42. The number of hydrogen-bond donors (Lipinski definition) is 3. The number of pyridine rings is 1. The third-order valence-electron chi connectivity index (χ3n) is 8.03. The van der Waals surface area contributed by atoms with Crippen LogP contribution in [0.4, 0.5) is 38.4 Å². The summed E-state index contributed by atoms with van der Waals surface area (Å²) in [7, 11) is -4.59. The van der Waals surface area contributed by atoms with Crippen LogP contribution in [-0.2, 0) is 15.4 Å². The van der Waals surface area contributed by atoms with Crippen molar-refractivity contribution < 1.29 is 45.0 Å². The number of ether oxygens (including phenoxy) is 1. The largest absolute Gasteiger partial charge is 0.465 e. The normalized spacial score (nSPS) is 17.1. The van der Waals surface area contributed by atoms with Gasteiger partial charge in [0.25, 0.3) is 0 Å². The average Bonchev–Trinajstić information content (AvgIpc) is 3.02. The first kappa shape index (κ1) is 36.5. The Kier molecular flexibility index (Phi) is 10.1. The van der Waals surface area contributed by atoms with Gasteiger partial charge in [-0.25, -0.2) is 36.9 Å². The maximum absolute atomic E-state index is 15.0. The van der Waals surface area contributed by atoms with Crippen LogP contribution in [0.5, 0.6) is 11.6 Å². The predicted molar refractivity (Wildman–Crippen MR) is 177 cm³/mol. The van der Waals surface area contributed by atoms with Gasteiger partial charge in [-0.15, -0.1) is 0 Å². The van der Waals surface area contributed by atoms with Crippen LogP contribution in [0.2, 0.25) is 0 Å². The first-order chi connectivity index (χ1) is 23.3. The maximum Gasteiger partial charge on any atom is 0.407 e. The molecule has 0 radical (unpaired) electrons. The molecule has 268 valence electrons. The fourth-order valence-electron chi connectivity index (χ4n) is 5.59. The number of sulfonamides is 1. The molecule has 4 aromatic rings. The summed E-state index contributed by atoms with van der Waals surface area (Å²) in [5, 5.41) is 12.8. The van der Waals surface area contributed by atoms with Gasteiger partial charge in [-0.1, -0.05) is 32.9 Å². The molecule has 2 aromatic heterocycles. The van der Waals surface area contributed by atoms with E-state index in [0.717, 1.165) is 11.0 Å². The Balaban J connectivity index is 1.55. The standard InChI is InChI=1S/C33H35F5N6O5S/c1-18-7-8-21-22(9-10-25(35)27(21)43-50(47,48)13-11-33(36,37)38)28(18)49-29-23(6-5-12-39-29)26-24(32(2,3)4)15-40-30(42-26)41-20-14-19(34)16-44(17-20)31(45)46/h5-10,12,15,19-20,43H,11,13-14,16-17H2,1-4H3,(H,45,46)(H,40,41,42)/t19-,20-/m0/s1. The molecular weight excluding hydrogens is 687 g/mol. The van der Waals surface area contributed by atoms with E-state index < -0.39 is 63.6 Å². The number of carboxylic acid groups (broad SMARTS) is 1. The van der Waals surface area contributed by atoms with Crippen LogP contribution in [0.3, 0.4) is 0 Å². The number of rotatable bonds is 9. The van der Waals surface area contributed by atoms with Gasteiger partial charge in [0.1, 0.15) is 17.7 Å². The van der Waals surface area contributed by atoms with Crippen molar-refractivity contribution in [3.63, 3.8) is 0 Å². The molecule has 3 N–H and O–H groups in total. The van der Waals surface area contributed by atoms with Crippen LogP contribution < -0.4 is 14.8 Å². The lowest BCUT2D eigenvalue weighted by atomic mass is 9.85. The minimum absolute atomic E-state index is 0.0259. The zero-order valence-corrected chi connectivity index (χ0v) is 28.3. The van der Waals surface area contributed by atoms with E-state index in [1.807, 2.05) is 25.5 Å². The molecule has 17 heteroatoms. The summed E-state index contributed by atoms with van der Waals surface area (Å²) in [6.45, 7) is 7.32. The van der Waals surface area contributed by atoms with Crippen molar-refractivity contribution in [2.75, 3.05) is 28.9 Å². The van der Waals surface area contributed by atoms with Crippen LogP contribution in [0.1, 0.15) is 44.7 Å². The number of piperidine rings is 1. The molecule has 2 aromatic carbocycles. The van der Waals surface area contributed by atoms with E-state index in [2.05, 4.69) is 15.3 Å². The number of nitrogens with zero attached hydrogens (tertiary/aromatic N) is 4. The lowest BCUT2D eigenvalue weighted by Crippen LogP contribution is -2.49. The second-order valence-electron chi connectivity index (χ2n) is 13.0. The number of amides is 1. The molecule has 0 spiro atoms. The zero-order valence-electron chi connectivity index (χ0n) is 27.5. The molecule has 1 aliphatic rings. The van der Waals surface area contributed by atoms with Gasteiger partial charge in [-0.05, 0) is 42.2 Å². The number of alkyl halides is 4. The maximum atomic E-state index is 15.0. The number of likely N-dealkylation sites (tertiary alicyclic amines) is 1. The van der Waals surface area contributed by atoms with Crippen molar-refractivity contribution in [2.45, 2.75) is 64.3 Å². The molecule has 0 unspecified atom stereocenters. The van der Waals surface area contributed by atoms with Crippen molar-refractivity contribution in [1.82, 2.24) is 19.9 Å². The van der Waals surface area contributed by atoms with Gasteiger partial charge in [0, 0.05) is 47.7 Å². The first-order valence-corrected chi connectivity index (χ1v) is 17.1. The number of aromatic nitrogens is 3. The van der Waals surface area contributed by atoms with Crippen molar-refractivity contribution in [3.05, 3.63) is 65.7 Å². The lowest BCUT2D eigenvalue weighted by Gasteiger charge is -2.33. The van der Waals surface area contributed by atoms with Crippen molar-refractivity contribution in [3.8, 4) is 22.9 Å². The van der Waals surface area contributed by atoms with Crippen LogP contribution in [-0.4, -0.2) is 76.7 Å². The number of fused-ring (bicyclic) bond motifs is 1. The molecule has 1 saturated heterocycles. The average molecular weight is 723 g/mol. The number of carbonyl (C=O) groups is 1. The van der Waals surface area contributed by atoms with Gasteiger partial charge in [-0.2, -0.15) is 13.2 Å². The molecule has 50 heavy (non-hydrogen) atoms. The molecular formula is C33H35F5N6O5S. The molecule has 0 saturated carbocycles. The molecule has 0 aliphatic carbocycles. The van der Waals surface area contributed by atoms with E-state index in [1.165, 1.54) is 18.3 Å². The lowest BCUT2D eigenvalue weighted by molar-refractivity contribution is -0.129. The summed E-state index contributed by atoms with van der Waals surface area (Å²) in [4.78, 5) is 26.1. The Labute approximate surface area is 285 Å². The Hall–Kier alpha value is -4.80. The van der Waals surface area contributed by atoms with Crippen molar-refractivity contribution in [2.24, 2.45) is 0 Å². The Bertz CT molecular complexity index is 2020. The molecule has 3 heterocycles. The first-order valence-electron chi connectivity index (χ1n) is 15.5. The molecule has 1 amide bonds. The molecule has 2 atom stereocenters. The Morgan fingerprint density at radius 2 is 1.80 bits per heavy atom. The van der Waals surface area contributed by atoms with Gasteiger partial charge in [0.15, 0.2) is 0 Å². The van der Waals surface area contributed by atoms with E-state index in [4.69, 9.17) is 9.72 Å². The summed E-state index contributed by atoms with van der Waals surface area (Å²) in [6, 6.07) is 8.07. The van der Waals surface area contributed by atoms with Gasteiger partial charge in [0.2, 0.25) is 21.9 Å². The van der Waals surface area contributed by atoms with E-state index in [1.54, 1.807) is 31.3 Å². The Morgan fingerprint density at radius 1 is 1.08 bits per heavy atom. The molecule has 11 nitrogen and oxygen atoms in total. The molecule has 1 aliphatic heterocycles. The zero-order chi connectivity index (χ0) is 36.6. The monoisotopic (exact) mass is 722 g/mol. The highest BCUT2D eigenvalue weighted by atomic mass is 32.2. The number of aryl methyl sites for hydroxylation is 1. The van der Waals surface area contributed by atoms with Crippen LogP contribution >= 0.6 is 0 Å². The fourth-order valence-corrected chi connectivity index (χ4v) is 6.71. The quantitative estimate of drug-likeness (QED) is 0.150. The summed E-state index contributed by atoms with van der Waals surface area (Å²) in [5.74, 6) is -1.94. The third kappa shape index (κ3) is 8.49. The SMILES string of the molecule is Cc1ccc2c(NS(=O)(=O)CCC(F)(F)F)c(F)ccc2c1Oc1ncccc1-c1nc(N[C@H]2C[C@H](F)CN(C(=O)O)C2)ncc1C(C)(C)C. The number of nitrogens with one attached hydrogen (secondary N) is 2. The van der Waals surface area contributed by atoms with Crippen LogP contribution in [0.15, 0.2) is 48.8 Å². The summed E-state index contributed by atoms with van der Waals surface area (Å²) in [5.41, 5.74) is 1.02. The summed E-state index contributed by atoms with van der Waals surface area (Å²) >= 11 is 0. The minimum atomic E-state index is -4.73. The second kappa shape index (κ2) is 13.8. The van der Waals surface area contributed by atoms with Gasteiger partial charge < -0.3 is 20.1 Å². The summed E-state index contributed by atoms with van der Waals surface area (Å²) in [6.07, 6.45) is -5.83. The third-order valence-corrected chi connectivity index (χ3v) is 9.29. The molecule has 1 fully saturated rings. The summed E-state index contributed by atoms with van der Waals surface area (Å²) < 4.78 is 101. The molecule has 0 bridgehead atoms. The smallest absolute Gasteiger partial charge is 0.407 e. The van der Waals surface area contributed by atoms with Gasteiger partial charge in [-0.3, -0.25) is 4.72 Å². The topological polar surface area (TPSA) is 147 Å². The van der Waals surface area contributed by atoms with E-state index in [9.17, 15) is 35.9 Å². The van der Waals surface area contributed by atoms with Crippen molar-refractivity contribution in [1.29, 1.82) is 0 Å². The van der Waals surface area contributed by atoms with Crippen LogP contribution in [0, 0.1) is 12.7 Å². The number of anilines is 2. The van der Waals surface area contributed by atoms with Crippen molar-refractivity contribution >= 4 is 38.5 Å². The van der Waals surface area contributed by atoms with Crippen LogP contribution in [0.25, 0.3) is 22.0 Å². The van der Waals surface area contributed by atoms with E-state index >= 15 is 4.39 Å². The van der Waals surface area contributed by atoms with E-state index in [0.29, 0.717) is 22.4 Å². The van der Waals surface area contributed by atoms with E-state index in [-0.39, 0.29) is 47.9 Å². The highest BCUT2D eigenvalue weighted by Gasteiger charge is 2.32. The minimum Gasteiger partial charge on any atom is -0.465 e. The number of halogens is 5. The number of benzene rings is 2. The highest BCUT2D eigenvalue weighted by molar-refractivity contribution is 7.92. The number of hydrogen-bond acceptors (Lipinski definition) is 8.